The van der Waals surface area contributed by atoms with Gasteiger partial charge in [0.05, 0.1) is 0 Å². The number of anilines is 2. The predicted molar refractivity (Wildman–Crippen MR) is 69.4 cm³/mol. The van der Waals surface area contributed by atoms with Crippen LogP contribution in [0.3, 0.4) is 0 Å². The van der Waals surface area contributed by atoms with Crippen LogP contribution in [0, 0.1) is 5.92 Å². The van der Waals surface area contributed by atoms with Gasteiger partial charge in [0.25, 0.3) is 0 Å². The lowest BCUT2D eigenvalue weighted by Crippen LogP contribution is -2.39. The van der Waals surface area contributed by atoms with E-state index in [9.17, 15) is 0 Å². The third-order valence-corrected chi connectivity index (χ3v) is 3.54. The van der Waals surface area contributed by atoms with Gasteiger partial charge in [-0.2, -0.15) is 0 Å². The highest BCUT2D eigenvalue weighted by Gasteiger charge is 2.21. The molecule has 0 aromatic heterocycles. The van der Waals surface area contributed by atoms with E-state index >= 15 is 0 Å². The van der Waals surface area contributed by atoms with Gasteiger partial charge in [0.2, 0.25) is 0 Å². The minimum atomic E-state index is 0.327. The second kappa shape index (κ2) is 4.74. The molecule has 16 heavy (non-hydrogen) atoms. The Balaban J connectivity index is 1.96. The molecule has 1 fully saturated rings. The fourth-order valence-electron chi connectivity index (χ4n) is 2.37. The number of nitrogens with two attached hydrogens (primary N) is 2. The molecule has 0 aliphatic carbocycles. The summed E-state index contributed by atoms with van der Waals surface area (Å²) in [5, 5.41) is 0. The van der Waals surface area contributed by atoms with Crippen LogP contribution < -0.4 is 16.4 Å². The number of piperidine rings is 1. The first kappa shape index (κ1) is 11.3. The molecule has 1 saturated heterocycles. The zero-order valence-electron chi connectivity index (χ0n) is 9.89. The smallest absolute Gasteiger partial charge is 0.0367 e. The summed E-state index contributed by atoms with van der Waals surface area (Å²) < 4.78 is 0. The molecule has 0 bridgehead atoms. The summed E-state index contributed by atoms with van der Waals surface area (Å²) in [5.74, 6) is 0.685. The van der Waals surface area contributed by atoms with Gasteiger partial charge in [-0.25, -0.2) is 0 Å². The van der Waals surface area contributed by atoms with E-state index in [0.717, 1.165) is 18.8 Å². The van der Waals surface area contributed by atoms with E-state index in [-0.39, 0.29) is 0 Å². The summed E-state index contributed by atoms with van der Waals surface area (Å²) in [6, 6.07) is 8.46. The average molecular weight is 219 g/mol. The number of nitrogens with zero attached hydrogens (tertiary/aromatic N) is 1. The molecule has 1 aliphatic rings. The van der Waals surface area contributed by atoms with E-state index in [2.05, 4.69) is 24.0 Å². The zero-order chi connectivity index (χ0) is 11.5. The predicted octanol–water partition coefficient (Wildman–Crippen LogP) is 1.83. The molecule has 1 unspecified atom stereocenters. The van der Waals surface area contributed by atoms with E-state index in [1.807, 2.05) is 12.1 Å². The van der Waals surface area contributed by atoms with Crippen molar-refractivity contribution in [3.8, 4) is 0 Å². The van der Waals surface area contributed by atoms with Crippen LogP contribution in [0.4, 0.5) is 11.4 Å². The highest BCUT2D eigenvalue weighted by Crippen LogP contribution is 2.25. The van der Waals surface area contributed by atoms with Gasteiger partial charge in [-0.05, 0) is 49.9 Å². The van der Waals surface area contributed by atoms with Gasteiger partial charge in [-0.3, -0.25) is 0 Å². The first-order chi connectivity index (χ1) is 7.66. The Bertz CT molecular complexity index is 324. The molecule has 2 rings (SSSR count). The van der Waals surface area contributed by atoms with Crippen LogP contribution in [0.2, 0.25) is 0 Å². The maximum Gasteiger partial charge on any atom is 0.0367 e. The Labute approximate surface area is 97.4 Å². The molecule has 0 amide bonds. The molecule has 1 aromatic carbocycles. The van der Waals surface area contributed by atoms with Crippen molar-refractivity contribution in [2.24, 2.45) is 11.7 Å². The van der Waals surface area contributed by atoms with Crippen LogP contribution in [0.15, 0.2) is 24.3 Å². The molecule has 1 atom stereocenters. The lowest BCUT2D eigenvalue weighted by molar-refractivity contribution is 0.354. The fourth-order valence-corrected chi connectivity index (χ4v) is 2.37. The highest BCUT2D eigenvalue weighted by atomic mass is 15.1. The summed E-state index contributed by atoms with van der Waals surface area (Å²) in [6.07, 6.45) is 2.39. The number of rotatable bonds is 2. The highest BCUT2D eigenvalue weighted by molar-refractivity contribution is 5.53. The summed E-state index contributed by atoms with van der Waals surface area (Å²) in [4.78, 5) is 2.42. The quantitative estimate of drug-likeness (QED) is 0.746. The second-order valence-corrected chi connectivity index (χ2v) is 4.78. The molecule has 88 valence electrons. The standard InChI is InChI=1S/C13H21N3/c1-10(14)11-6-8-16(9-7-11)13-4-2-12(15)3-5-13/h2-5,10-11H,6-9,14-15H2,1H3. The lowest BCUT2D eigenvalue weighted by atomic mass is 9.91. The van der Waals surface area contributed by atoms with Crippen molar-refractivity contribution < 1.29 is 0 Å². The SMILES string of the molecule is CC(N)C1CCN(c2ccc(N)cc2)CC1. The molecule has 4 N–H and O–H groups in total. The van der Waals surface area contributed by atoms with Gasteiger partial charge in [0.1, 0.15) is 0 Å². The molecule has 0 radical (unpaired) electrons. The first-order valence-corrected chi connectivity index (χ1v) is 6.03. The lowest BCUT2D eigenvalue weighted by Gasteiger charge is -2.35. The molecule has 1 heterocycles. The van der Waals surface area contributed by atoms with E-state index in [1.54, 1.807) is 0 Å². The van der Waals surface area contributed by atoms with Gasteiger partial charge >= 0.3 is 0 Å². The van der Waals surface area contributed by atoms with Gasteiger partial charge in [0, 0.05) is 30.5 Å². The zero-order valence-corrected chi connectivity index (χ0v) is 9.89. The molecular weight excluding hydrogens is 198 g/mol. The minimum absolute atomic E-state index is 0.327. The number of benzene rings is 1. The van der Waals surface area contributed by atoms with Gasteiger partial charge < -0.3 is 16.4 Å². The number of hydrogen-bond acceptors (Lipinski definition) is 3. The van der Waals surface area contributed by atoms with Crippen molar-refractivity contribution in [1.29, 1.82) is 0 Å². The Kier molecular flexibility index (Phi) is 3.34. The number of hydrogen-bond donors (Lipinski definition) is 2. The van der Waals surface area contributed by atoms with E-state index in [4.69, 9.17) is 11.5 Å². The number of nitrogen functional groups attached to an aromatic ring is 1. The molecule has 3 nitrogen and oxygen atoms in total. The maximum atomic E-state index is 5.94. The van der Waals surface area contributed by atoms with E-state index < -0.39 is 0 Å². The molecule has 0 saturated carbocycles. The maximum absolute atomic E-state index is 5.94. The van der Waals surface area contributed by atoms with Crippen molar-refractivity contribution in [2.45, 2.75) is 25.8 Å². The normalized spacial score (nSPS) is 19.8. The van der Waals surface area contributed by atoms with E-state index in [0.29, 0.717) is 12.0 Å². The van der Waals surface area contributed by atoms with Crippen LogP contribution in [0.1, 0.15) is 19.8 Å². The summed E-state index contributed by atoms with van der Waals surface area (Å²) >= 11 is 0. The van der Waals surface area contributed by atoms with Crippen molar-refractivity contribution in [1.82, 2.24) is 0 Å². The van der Waals surface area contributed by atoms with E-state index in [1.165, 1.54) is 18.5 Å². The molecule has 1 aromatic rings. The summed E-state index contributed by atoms with van der Waals surface area (Å²) in [6.45, 7) is 4.33. The minimum Gasteiger partial charge on any atom is -0.399 e. The fraction of sp³-hybridized carbons (Fsp3) is 0.538. The molecule has 3 heteroatoms. The van der Waals surface area contributed by atoms with Crippen LogP contribution in [0.25, 0.3) is 0 Å². The summed E-state index contributed by atoms with van der Waals surface area (Å²) in [5.41, 5.74) is 13.7. The van der Waals surface area contributed by atoms with Crippen molar-refractivity contribution in [3.63, 3.8) is 0 Å². The Morgan fingerprint density at radius 1 is 1.19 bits per heavy atom. The molecule has 1 aliphatic heterocycles. The van der Waals surface area contributed by atoms with Crippen molar-refractivity contribution in [2.75, 3.05) is 23.7 Å². The molecular formula is C13H21N3. The van der Waals surface area contributed by atoms with Crippen LogP contribution in [-0.4, -0.2) is 19.1 Å². The average Bonchev–Trinajstić information content (AvgIpc) is 2.30. The van der Waals surface area contributed by atoms with Gasteiger partial charge in [-0.1, -0.05) is 0 Å². The van der Waals surface area contributed by atoms with Gasteiger partial charge in [-0.15, -0.1) is 0 Å². The van der Waals surface area contributed by atoms with Crippen molar-refractivity contribution >= 4 is 11.4 Å². The topological polar surface area (TPSA) is 55.3 Å². The van der Waals surface area contributed by atoms with Crippen LogP contribution in [-0.2, 0) is 0 Å². The first-order valence-electron chi connectivity index (χ1n) is 6.03. The van der Waals surface area contributed by atoms with Crippen LogP contribution in [0.5, 0.6) is 0 Å². The third kappa shape index (κ3) is 2.47. The van der Waals surface area contributed by atoms with Gasteiger partial charge in [0.15, 0.2) is 0 Å². The van der Waals surface area contributed by atoms with Crippen molar-refractivity contribution in [3.05, 3.63) is 24.3 Å². The summed E-state index contributed by atoms with van der Waals surface area (Å²) in [7, 11) is 0. The monoisotopic (exact) mass is 219 g/mol. The molecule has 0 spiro atoms. The Morgan fingerprint density at radius 2 is 1.75 bits per heavy atom. The second-order valence-electron chi connectivity index (χ2n) is 4.78. The Morgan fingerprint density at radius 3 is 2.25 bits per heavy atom. The third-order valence-electron chi connectivity index (χ3n) is 3.54. The Hall–Kier alpha value is -1.22. The largest absolute Gasteiger partial charge is 0.399 e. The van der Waals surface area contributed by atoms with Crippen LogP contribution >= 0.6 is 0 Å².